The summed E-state index contributed by atoms with van der Waals surface area (Å²) in [4.78, 5) is 14.2. The fourth-order valence-electron chi connectivity index (χ4n) is 2.09. The molecule has 1 aromatic rings. The van der Waals surface area contributed by atoms with Crippen LogP contribution in [0.1, 0.15) is 30.0 Å². The molecule has 2 heterocycles. The lowest BCUT2D eigenvalue weighted by atomic mass is 10.2. The maximum atomic E-state index is 12.3. The van der Waals surface area contributed by atoms with Gasteiger partial charge >= 0.3 is 0 Å². The second-order valence-corrected chi connectivity index (χ2v) is 4.23. The van der Waals surface area contributed by atoms with E-state index in [1.54, 1.807) is 0 Å². The molecule has 0 bridgehead atoms. The van der Waals surface area contributed by atoms with E-state index in [2.05, 4.69) is 17.3 Å². The second-order valence-electron chi connectivity index (χ2n) is 4.23. The van der Waals surface area contributed by atoms with Crippen molar-refractivity contribution in [3.63, 3.8) is 0 Å². The van der Waals surface area contributed by atoms with Gasteiger partial charge in [-0.25, -0.2) is 0 Å². The Labute approximate surface area is 102 Å². The third kappa shape index (κ3) is 2.49. The van der Waals surface area contributed by atoms with Crippen LogP contribution in [-0.2, 0) is 13.0 Å². The number of aromatic nitrogens is 2. The summed E-state index contributed by atoms with van der Waals surface area (Å²) in [6.07, 6.45) is 0.870. The summed E-state index contributed by atoms with van der Waals surface area (Å²) >= 11 is 0. The van der Waals surface area contributed by atoms with E-state index in [0.29, 0.717) is 0 Å². The van der Waals surface area contributed by atoms with E-state index in [-0.39, 0.29) is 5.91 Å². The van der Waals surface area contributed by atoms with Gasteiger partial charge in [-0.05, 0) is 19.4 Å². The molecule has 1 aromatic heterocycles. The molecule has 2 rings (SSSR count). The first-order valence-corrected chi connectivity index (χ1v) is 6.33. The van der Waals surface area contributed by atoms with Gasteiger partial charge in [-0.3, -0.25) is 9.48 Å². The second kappa shape index (κ2) is 5.31. The molecule has 0 aromatic carbocycles. The van der Waals surface area contributed by atoms with Crippen LogP contribution in [0.4, 0.5) is 0 Å². The maximum absolute atomic E-state index is 12.3. The predicted molar refractivity (Wildman–Crippen MR) is 66.1 cm³/mol. The van der Waals surface area contributed by atoms with Crippen molar-refractivity contribution in [2.45, 2.75) is 26.8 Å². The average Bonchev–Trinajstić information content (AvgIpc) is 2.82. The first-order chi connectivity index (χ1) is 8.26. The van der Waals surface area contributed by atoms with E-state index < -0.39 is 0 Å². The molecule has 0 saturated carbocycles. The lowest BCUT2D eigenvalue weighted by molar-refractivity contribution is 0.0723. The minimum atomic E-state index is 0.112. The van der Waals surface area contributed by atoms with Gasteiger partial charge in [-0.15, -0.1) is 0 Å². The molecule has 1 amide bonds. The number of hydrogen-bond donors (Lipinski definition) is 1. The average molecular weight is 236 g/mol. The topological polar surface area (TPSA) is 50.2 Å². The molecule has 1 aliphatic rings. The van der Waals surface area contributed by atoms with Gasteiger partial charge < -0.3 is 10.2 Å². The Morgan fingerprint density at radius 3 is 2.71 bits per heavy atom. The fraction of sp³-hybridized carbons (Fsp3) is 0.667. The number of carbonyl (C=O) groups is 1. The predicted octanol–water partition coefficient (Wildman–Crippen LogP) is 0.511. The van der Waals surface area contributed by atoms with Crippen LogP contribution in [0.25, 0.3) is 0 Å². The molecule has 1 N–H and O–H groups in total. The van der Waals surface area contributed by atoms with Gasteiger partial charge in [0.1, 0.15) is 5.69 Å². The normalized spacial score (nSPS) is 16.2. The number of nitrogens with zero attached hydrogens (tertiary/aromatic N) is 3. The zero-order valence-electron chi connectivity index (χ0n) is 10.6. The van der Waals surface area contributed by atoms with Crippen molar-refractivity contribution in [2.75, 3.05) is 26.2 Å². The smallest absolute Gasteiger partial charge is 0.272 e. The first-order valence-electron chi connectivity index (χ1n) is 6.33. The maximum Gasteiger partial charge on any atom is 0.272 e. The molecule has 1 fully saturated rings. The molecule has 0 atom stereocenters. The van der Waals surface area contributed by atoms with Crippen molar-refractivity contribution in [3.05, 3.63) is 17.5 Å². The van der Waals surface area contributed by atoms with Crippen molar-refractivity contribution in [1.82, 2.24) is 20.0 Å². The fourth-order valence-corrected chi connectivity index (χ4v) is 2.09. The van der Waals surface area contributed by atoms with Gasteiger partial charge in [0.15, 0.2) is 0 Å². The van der Waals surface area contributed by atoms with Crippen LogP contribution in [0.3, 0.4) is 0 Å². The van der Waals surface area contributed by atoms with E-state index in [1.807, 2.05) is 22.6 Å². The molecule has 17 heavy (non-hydrogen) atoms. The molecule has 0 radical (unpaired) electrons. The van der Waals surface area contributed by atoms with Gasteiger partial charge in [0, 0.05) is 32.7 Å². The monoisotopic (exact) mass is 236 g/mol. The Balaban J connectivity index is 2.19. The molecular weight excluding hydrogens is 216 g/mol. The van der Waals surface area contributed by atoms with Crippen LogP contribution in [0.2, 0.25) is 0 Å². The van der Waals surface area contributed by atoms with Crippen LogP contribution in [0.15, 0.2) is 6.07 Å². The lowest BCUT2D eigenvalue weighted by Gasteiger charge is -2.27. The Kier molecular flexibility index (Phi) is 3.78. The summed E-state index contributed by atoms with van der Waals surface area (Å²) in [6.45, 7) is 8.15. The SMILES string of the molecule is CCc1cc(C(=O)N2CCNCC2)n(CC)n1. The van der Waals surface area contributed by atoms with Gasteiger partial charge in [-0.2, -0.15) is 5.10 Å². The first kappa shape index (κ1) is 12.1. The summed E-state index contributed by atoms with van der Waals surface area (Å²) in [5.41, 5.74) is 1.72. The Bertz CT molecular complexity index is 393. The Morgan fingerprint density at radius 2 is 2.12 bits per heavy atom. The number of rotatable bonds is 3. The summed E-state index contributed by atoms with van der Waals surface area (Å²) in [6, 6.07) is 1.92. The van der Waals surface area contributed by atoms with Crippen molar-refractivity contribution in [1.29, 1.82) is 0 Å². The van der Waals surface area contributed by atoms with Crippen LogP contribution in [0.5, 0.6) is 0 Å². The molecule has 1 aliphatic heterocycles. The summed E-state index contributed by atoms with van der Waals surface area (Å²) < 4.78 is 1.81. The number of nitrogens with one attached hydrogen (secondary N) is 1. The Morgan fingerprint density at radius 1 is 1.41 bits per heavy atom. The highest BCUT2D eigenvalue weighted by atomic mass is 16.2. The summed E-state index contributed by atoms with van der Waals surface area (Å²) in [7, 11) is 0. The molecule has 1 saturated heterocycles. The van der Waals surface area contributed by atoms with Crippen LogP contribution < -0.4 is 5.32 Å². The number of amides is 1. The molecule has 5 heteroatoms. The highest BCUT2D eigenvalue weighted by molar-refractivity contribution is 5.92. The Hall–Kier alpha value is -1.36. The summed E-state index contributed by atoms with van der Waals surface area (Å²) in [5, 5.41) is 7.67. The highest BCUT2D eigenvalue weighted by Crippen LogP contribution is 2.09. The van der Waals surface area contributed by atoms with Crippen molar-refractivity contribution in [2.24, 2.45) is 0 Å². The molecule has 94 valence electrons. The van der Waals surface area contributed by atoms with E-state index in [0.717, 1.165) is 50.5 Å². The van der Waals surface area contributed by atoms with Crippen molar-refractivity contribution in [3.8, 4) is 0 Å². The van der Waals surface area contributed by atoms with E-state index in [9.17, 15) is 4.79 Å². The highest BCUT2D eigenvalue weighted by Gasteiger charge is 2.21. The molecule has 0 unspecified atom stereocenters. The minimum absolute atomic E-state index is 0.112. The third-order valence-corrected chi connectivity index (χ3v) is 3.12. The van der Waals surface area contributed by atoms with Crippen molar-refractivity contribution < 1.29 is 4.79 Å². The molecule has 5 nitrogen and oxygen atoms in total. The van der Waals surface area contributed by atoms with Gasteiger partial charge in [0.2, 0.25) is 0 Å². The van der Waals surface area contributed by atoms with E-state index in [4.69, 9.17) is 0 Å². The lowest BCUT2D eigenvalue weighted by Crippen LogP contribution is -2.46. The minimum Gasteiger partial charge on any atom is -0.335 e. The molecule has 0 aliphatic carbocycles. The van der Waals surface area contributed by atoms with Gasteiger partial charge in [0.05, 0.1) is 5.69 Å². The van der Waals surface area contributed by atoms with Gasteiger partial charge in [0.25, 0.3) is 5.91 Å². The van der Waals surface area contributed by atoms with Crippen LogP contribution in [-0.4, -0.2) is 46.8 Å². The van der Waals surface area contributed by atoms with Crippen LogP contribution in [0, 0.1) is 0 Å². The van der Waals surface area contributed by atoms with Gasteiger partial charge in [-0.1, -0.05) is 6.92 Å². The summed E-state index contributed by atoms with van der Waals surface area (Å²) in [5.74, 6) is 0.112. The zero-order chi connectivity index (χ0) is 12.3. The zero-order valence-corrected chi connectivity index (χ0v) is 10.6. The number of hydrogen-bond acceptors (Lipinski definition) is 3. The largest absolute Gasteiger partial charge is 0.335 e. The van der Waals surface area contributed by atoms with E-state index in [1.165, 1.54) is 0 Å². The van der Waals surface area contributed by atoms with E-state index >= 15 is 0 Å². The van der Waals surface area contributed by atoms with Crippen LogP contribution >= 0.6 is 0 Å². The number of carbonyl (C=O) groups excluding carboxylic acids is 1. The molecule has 0 spiro atoms. The quantitative estimate of drug-likeness (QED) is 0.832. The standard InChI is InChI=1S/C12H20N4O/c1-3-10-9-11(16(4-2)14-10)12(17)15-7-5-13-6-8-15/h9,13H,3-8H2,1-2H3. The third-order valence-electron chi connectivity index (χ3n) is 3.12. The number of piperazine rings is 1. The number of aryl methyl sites for hydroxylation is 2. The van der Waals surface area contributed by atoms with Crippen molar-refractivity contribution >= 4 is 5.91 Å². The molecular formula is C12H20N4O.